The standard InChI is InChI=1S/C15H18N2/c1-11-7-3-4-8-12(11)15(17-2)13-9-5-6-10-14(13)16/h3-12H,16H2,1-2H3. The highest BCUT2D eigenvalue weighted by Crippen LogP contribution is 2.26. The Kier molecular flexibility index (Phi) is 3.43. The van der Waals surface area contributed by atoms with Gasteiger partial charge in [0.05, 0.1) is 5.71 Å². The number of nitrogens with zero attached hydrogens (tertiary/aromatic N) is 1. The van der Waals surface area contributed by atoms with Crippen LogP contribution in [0, 0.1) is 11.8 Å². The lowest BCUT2D eigenvalue weighted by atomic mass is 9.83. The molecule has 0 amide bonds. The van der Waals surface area contributed by atoms with Crippen LogP contribution >= 0.6 is 0 Å². The van der Waals surface area contributed by atoms with Crippen molar-refractivity contribution in [2.45, 2.75) is 6.92 Å². The maximum absolute atomic E-state index is 6.03. The van der Waals surface area contributed by atoms with Crippen LogP contribution in [0.15, 0.2) is 53.6 Å². The van der Waals surface area contributed by atoms with Crippen molar-refractivity contribution in [1.29, 1.82) is 0 Å². The first-order valence-corrected chi connectivity index (χ1v) is 5.90. The number of anilines is 1. The predicted molar refractivity (Wildman–Crippen MR) is 74.2 cm³/mol. The molecule has 0 radical (unpaired) electrons. The monoisotopic (exact) mass is 226 g/mol. The van der Waals surface area contributed by atoms with Gasteiger partial charge in [-0.3, -0.25) is 4.99 Å². The van der Waals surface area contributed by atoms with Crippen molar-refractivity contribution in [3.8, 4) is 0 Å². The first kappa shape index (κ1) is 11.6. The fourth-order valence-electron chi connectivity index (χ4n) is 2.24. The number of para-hydroxylation sites is 1. The molecule has 2 nitrogen and oxygen atoms in total. The summed E-state index contributed by atoms with van der Waals surface area (Å²) >= 11 is 0. The van der Waals surface area contributed by atoms with Crippen LogP contribution < -0.4 is 5.73 Å². The van der Waals surface area contributed by atoms with Crippen LogP contribution in [0.1, 0.15) is 12.5 Å². The Morgan fingerprint density at radius 1 is 1.18 bits per heavy atom. The van der Waals surface area contributed by atoms with E-state index in [2.05, 4.69) is 36.2 Å². The Bertz CT molecular complexity index is 483. The second-order valence-corrected chi connectivity index (χ2v) is 4.35. The topological polar surface area (TPSA) is 38.4 Å². The van der Waals surface area contributed by atoms with E-state index in [4.69, 9.17) is 5.73 Å². The summed E-state index contributed by atoms with van der Waals surface area (Å²) in [6, 6.07) is 7.92. The summed E-state index contributed by atoms with van der Waals surface area (Å²) in [5.41, 5.74) is 8.93. The number of nitrogen functional groups attached to an aromatic ring is 1. The average Bonchev–Trinajstić information content (AvgIpc) is 2.34. The first-order valence-electron chi connectivity index (χ1n) is 5.90. The van der Waals surface area contributed by atoms with Crippen molar-refractivity contribution in [3.05, 3.63) is 54.1 Å². The summed E-state index contributed by atoms with van der Waals surface area (Å²) in [6.07, 6.45) is 8.56. The zero-order valence-corrected chi connectivity index (χ0v) is 10.3. The van der Waals surface area contributed by atoms with Gasteiger partial charge in [-0.05, 0) is 12.0 Å². The number of hydrogen-bond donors (Lipinski definition) is 1. The summed E-state index contributed by atoms with van der Waals surface area (Å²) in [5.74, 6) is 0.771. The lowest BCUT2D eigenvalue weighted by molar-refractivity contribution is 0.636. The second-order valence-electron chi connectivity index (χ2n) is 4.35. The van der Waals surface area contributed by atoms with Gasteiger partial charge in [-0.1, -0.05) is 49.4 Å². The molecule has 1 aromatic carbocycles. The van der Waals surface area contributed by atoms with Gasteiger partial charge in [0.15, 0.2) is 0 Å². The van der Waals surface area contributed by atoms with E-state index in [9.17, 15) is 0 Å². The van der Waals surface area contributed by atoms with Crippen molar-refractivity contribution in [2.75, 3.05) is 12.8 Å². The normalized spacial score (nSPS) is 24.0. The Morgan fingerprint density at radius 3 is 2.53 bits per heavy atom. The van der Waals surface area contributed by atoms with Crippen molar-refractivity contribution in [2.24, 2.45) is 16.8 Å². The molecule has 0 spiro atoms. The van der Waals surface area contributed by atoms with Crippen LogP contribution in [0.25, 0.3) is 0 Å². The maximum Gasteiger partial charge on any atom is 0.0512 e. The lowest BCUT2D eigenvalue weighted by Crippen LogP contribution is -2.22. The minimum Gasteiger partial charge on any atom is -0.398 e. The quantitative estimate of drug-likeness (QED) is 0.611. The van der Waals surface area contributed by atoms with E-state index in [1.165, 1.54) is 0 Å². The molecule has 1 aliphatic carbocycles. The van der Waals surface area contributed by atoms with Gasteiger partial charge in [0.1, 0.15) is 0 Å². The van der Waals surface area contributed by atoms with Crippen LogP contribution in [0.3, 0.4) is 0 Å². The molecule has 2 atom stereocenters. The third-order valence-electron chi connectivity index (χ3n) is 3.20. The minimum atomic E-state index is 0.315. The largest absolute Gasteiger partial charge is 0.398 e. The van der Waals surface area contributed by atoms with E-state index >= 15 is 0 Å². The Morgan fingerprint density at radius 2 is 1.88 bits per heavy atom. The van der Waals surface area contributed by atoms with Crippen LogP contribution in [0.4, 0.5) is 5.69 Å². The summed E-state index contributed by atoms with van der Waals surface area (Å²) in [6.45, 7) is 2.20. The van der Waals surface area contributed by atoms with Gasteiger partial charge in [-0.15, -0.1) is 0 Å². The van der Waals surface area contributed by atoms with E-state index in [0.29, 0.717) is 11.8 Å². The smallest absolute Gasteiger partial charge is 0.0512 e. The fraction of sp³-hybridized carbons (Fsp3) is 0.267. The molecule has 0 heterocycles. The Balaban J connectivity index is 2.39. The Hall–Kier alpha value is -1.83. The molecular formula is C15H18N2. The van der Waals surface area contributed by atoms with E-state index in [-0.39, 0.29) is 0 Å². The molecule has 2 heteroatoms. The van der Waals surface area contributed by atoms with Gasteiger partial charge >= 0.3 is 0 Å². The van der Waals surface area contributed by atoms with Gasteiger partial charge < -0.3 is 5.73 Å². The van der Waals surface area contributed by atoms with Crippen molar-refractivity contribution in [3.63, 3.8) is 0 Å². The number of benzene rings is 1. The van der Waals surface area contributed by atoms with E-state index in [1.54, 1.807) is 0 Å². The lowest BCUT2D eigenvalue weighted by Gasteiger charge is -2.23. The van der Waals surface area contributed by atoms with E-state index < -0.39 is 0 Å². The molecule has 0 saturated heterocycles. The molecule has 2 rings (SSSR count). The Labute approximate surface area is 103 Å². The van der Waals surface area contributed by atoms with Gasteiger partial charge in [0, 0.05) is 24.2 Å². The maximum atomic E-state index is 6.03. The van der Waals surface area contributed by atoms with Gasteiger partial charge in [-0.2, -0.15) is 0 Å². The highest BCUT2D eigenvalue weighted by Gasteiger charge is 2.22. The molecule has 0 aliphatic heterocycles. The van der Waals surface area contributed by atoms with E-state index in [0.717, 1.165) is 17.0 Å². The van der Waals surface area contributed by atoms with Crippen molar-refractivity contribution < 1.29 is 0 Å². The highest BCUT2D eigenvalue weighted by molar-refractivity contribution is 6.07. The number of rotatable bonds is 2. The molecule has 0 fully saturated rings. The summed E-state index contributed by atoms with van der Waals surface area (Å²) in [4.78, 5) is 4.44. The second kappa shape index (κ2) is 5.00. The highest BCUT2D eigenvalue weighted by atomic mass is 14.7. The molecule has 0 bridgehead atoms. The molecule has 2 unspecified atom stereocenters. The molecule has 2 N–H and O–H groups in total. The molecule has 0 aromatic heterocycles. The molecule has 0 saturated carbocycles. The zero-order valence-electron chi connectivity index (χ0n) is 10.3. The SMILES string of the molecule is CN=C(c1ccccc1N)C1C=CC=CC1C. The number of hydrogen-bond acceptors (Lipinski definition) is 2. The minimum absolute atomic E-state index is 0.315. The van der Waals surface area contributed by atoms with Crippen LogP contribution in [0.5, 0.6) is 0 Å². The summed E-state index contributed by atoms with van der Waals surface area (Å²) in [5, 5.41) is 0. The summed E-state index contributed by atoms with van der Waals surface area (Å²) in [7, 11) is 1.83. The van der Waals surface area contributed by atoms with Gasteiger partial charge in [-0.25, -0.2) is 0 Å². The summed E-state index contributed by atoms with van der Waals surface area (Å²) < 4.78 is 0. The molecule has 1 aromatic rings. The molecule has 17 heavy (non-hydrogen) atoms. The predicted octanol–water partition coefficient (Wildman–Crippen LogP) is 3.07. The van der Waals surface area contributed by atoms with E-state index in [1.807, 2.05) is 31.3 Å². The van der Waals surface area contributed by atoms with Crippen molar-refractivity contribution in [1.82, 2.24) is 0 Å². The van der Waals surface area contributed by atoms with Gasteiger partial charge in [0.2, 0.25) is 0 Å². The molecule has 88 valence electrons. The van der Waals surface area contributed by atoms with Crippen LogP contribution in [-0.4, -0.2) is 12.8 Å². The fourth-order valence-corrected chi connectivity index (χ4v) is 2.24. The van der Waals surface area contributed by atoms with Crippen molar-refractivity contribution >= 4 is 11.4 Å². The molecular weight excluding hydrogens is 208 g/mol. The number of aliphatic imine (C=N–C) groups is 1. The third kappa shape index (κ3) is 2.31. The first-order chi connectivity index (χ1) is 8.24. The number of nitrogens with two attached hydrogens (primary N) is 1. The van der Waals surface area contributed by atoms with Crippen LogP contribution in [-0.2, 0) is 0 Å². The zero-order chi connectivity index (χ0) is 12.3. The number of allylic oxidation sites excluding steroid dienone is 4. The van der Waals surface area contributed by atoms with Crippen LogP contribution in [0.2, 0.25) is 0 Å². The molecule has 1 aliphatic rings. The van der Waals surface area contributed by atoms with Gasteiger partial charge in [0.25, 0.3) is 0 Å². The average molecular weight is 226 g/mol. The third-order valence-corrected chi connectivity index (χ3v) is 3.20.